The van der Waals surface area contributed by atoms with Crippen molar-refractivity contribution in [2.24, 2.45) is 5.92 Å². The average Bonchev–Trinajstić information content (AvgIpc) is 2.82. The maximum absolute atomic E-state index is 12.0. The molecule has 106 valence electrons. The summed E-state index contributed by atoms with van der Waals surface area (Å²) in [6, 6.07) is 0. The Morgan fingerprint density at radius 3 is 2.68 bits per heavy atom. The molecule has 6 nitrogen and oxygen atoms in total. The predicted molar refractivity (Wildman–Crippen MR) is 72.3 cm³/mol. The van der Waals surface area contributed by atoms with Gasteiger partial charge in [-0.15, -0.1) is 5.10 Å². The molecule has 0 aliphatic rings. The first-order valence-corrected chi connectivity index (χ1v) is 7.19. The minimum Gasteiger partial charge on any atom is -0.481 e. The summed E-state index contributed by atoms with van der Waals surface area (Å²) in [5, 5.41) is 15.6. The molecular weight excluding hydrogens is 266 g/mol. The number of nitrogens with one attached hydrogen (secondary N) is 1. The molecule has 2 N–H and O–H groups in total. The van der Waals surface area contributed by atoms with Crippen LogP contribution in [-0.4, -0.2) is 33.1 Å². The van der Waals surface area contributed by atoms with Crippen molar-refractivity contribution in [1.82, 2.24) is 14.9 Å². The molecule has 0 aromatic carbocycles. The van der Waals surface area contributed by atoms with Gasteiger partial charge in [0.05, 0.1) is 11.6 Å². The third kappa shape index (κ3) is 4.59. The molecule has 0 bridgehead atoms. The number of carbonyl (C=O) groups is 2. The van der Waals surface area contributed by atoms with Gasteiger partial charge in [-0.2, -0.15) is 0 Å². The van der Waals surface area contributed by atoms with Gasteiger partial charge in [0.15, 0.2) is 0 Å². The van der Waals surface area contributed by atoms with Crippen LogP contribution in [0.3, 0.4) is 0 Å². The minimum absolute atomic E-state index is 0.144. The predicted octanol–water partition coefficient (Wildman–Crippen LogP) is 1.72. The molecule has 0 radical (unpaired) electrons. The highest BCUT2D eigenvalue weighted by Gasteiger charge is 2.20. The lowest BCUT2D eigenvalue weighted by atomic mass is 10.0. The van der Waals surface area contributed by atoms with E-state index in [1.54, 1.807) is 0 Å². The van der Waals surface area contributed by atoms with E-state index in [1.165, 1.54) is 0 Å². The van der Waals surface area contributed by atoms with Crippen molar-refractivity contribution in [2.75, 3.05) is 6.54 Å². The van der Waals surface area contributed by atoms with Crippen LogP contribution >= 0.6 is 11.5 Å². The topological polar surface area (TPSA) is 92.2 Å². The second-order valence-corrected chi connectivity index (χ2v) is 5.09. The number of carboxylic acids is 1. The van der Waals surface area contributed by atoms with Gasteiger partial charge in [-0.25, -0.2) is 0 Å². The van der Waals surface area contributed by atoms with Gasteiger partial charge in [-0.05, 0) is 24.4 Å². The lowest BCUT2D eigenvalue weighted by molar-refractivity contribution is -0.141. The van der Waals surface area contributed by atoms with Crippen molar-refractivity contribution >= 4 is 23.4 Å². The van der Waals surface area contributed by atoms with Crippen LogP contribution in [0.1, 0.15) is 48.5 Å². The van der Waals surface area contributed by atoms with Crippen molar-refractivity contribution in [3.63, 3.8) is 0 Å². The third-order valence-corrected chi connectivity index (χ3v) is 3.51. The molecule has 0 saturated heterocycles. The zero-order chi connectivity index (χ0) is 14.3. The lowest BCUT2D eigenvalue weighted by Crippen LogP contribution is -2.33. The number of aryl methyl sites for hydroxylation is 1. The molecule has 0 aliphatic carbocycles. The fourth-order valence-electron chi connectivity index (χ4n) is 1.74. The maximum Gasteiger partial charge on any atom is 0.308 e. The molecule has 0 spiro atoms. The van der Waals surface area contributed by atoms with Crippen LogP contribution in [0.5, 0.6) is 0 Å². The van der Waals surface area contributed by atoms with Crippen LogP contribution in [0.4, 0.5) is 0 Å². The van der Waals surface area contributed by atoms with Crippen molar-refractivity contribution in [1.29, 1.82) is 0 Å². The first kappa shape index (κ1) is 15.6. The molecular formula is C12H19N3O3S. The molecule has 1 aromatic heterocycles. The molecule has 0 fully saturated rings. The number of nitrogens with zero attached hydrogens (tertiary/aromatic N) is 2. The van der Waals surface area contributed by atoms with Crippen LogP contribution in [0, 0.1) is 5.92 Å². The van der Waals surface area contributed by atoms with E-state index >= 15 is 0 Å². The number of hydrogen-bond donors (Lipinski definition) is 2. The summed E-state index contributed by atoms with van der Waals surface area (Å²) < 4.78 is 3.77. The molecule has 1 unspecified atom stereocenters. The average molecular weight is 285 g/mol. The molecule has 19 heavy (non-hydrogen) atoms. The van der Waals surface area contributed by atoms with Crippen LogP contribution in [0.2, 0.25) is 0 Å². The van der Waals surface area contributed by atoms with E-state index in [4.69, 9.17) is 5.11 Å². The Balaban J connectivity index is 2.58. The summed E-state index contributed by atoms with van der Waals surface area (Å²) in [4.78, 5) is 23.4. The highest BCUT2D eigenvalue weighted by molar-refractivity contribution is 7.08. The number of aliphatic carboxylic acids is 1. The molecule has 1 aromatic rings. The number of carbonyl (C=O) groups excluding carboxylic acids is 1. The number of carboxylic acid groups (broad SMARTS) is 1. The van der Waals surface area contributed by atoms with Gasteiger partial charge in [-0.3, -0.25) is 9.59 Å². The zero-order valence-electron chi connectivity index (χ0n) is 11.2. The van der Waals surface area contributed by atoms with E-state index in [1.807, 2.05) is 13.8 Å². The van der Waals surface area contributed by atoms with Gasteiger partial charge in [0.2, 0.25) is 0 Å². The molecule has 1 heterocycles. The highest BCUT2D eigenvalue weighted by Crippen LogP contribution is 2.13. The quantitative estimate of drug-likeness (QED) is 0.758. The summed E-state index contributed by atoms with van der Waals surface area (Å²) in [6.07, 6.45) is 2.92. The Morgan fingerprint density at radius 2 is 2.11 bits per heavy atom. The van der Waals surface area contributed by atoms with E-state index in [9.17, 15) is 9.59 Å². The second kappa shape index (κ2) is 7.83. The first-order chi connectivity index (χ1) is 9.10. The van der Waals surface area contributed by atoms with E-state index in [0.29, 0.717) is 23.4 Å². The van der Waals surface area contributed by atoms with Crippen molar-refractivity contribution in [3.05, 3.63) is 10.6 Å². The van der Waals surface area contributed by atoms with E-state index in [-0.39, 0.29) is 12.5 Å². The second-order valence-electron chi connectivity index (χ2n) is 4.33. The fraction of sp³-hybridized carbons (Fsp3) is 0.667. The van der Waals surface area contributed by atoms with Gasteiger partial charge in [0.1, 0.15) is 4.88 Å². The Morgan fingerprint density at radius 1 is 1.37 bits per heavy atom. The van der Waals surface area contributed by atoms with Crippen molar-refractivity contribution < 1.29 is 14.7 Å². The van der Waals surface area contributed by atoms with Gasteiger partial charge in [0.25, 0.3) is 5.91 Å². The smallest absolute Gasteiger partial charge is 0.308 e. The number of hydrogen-bond acceptors (Lipinski definition) is 5. The van der Waals surface area contributed by atoms with Crippen LogP contribution in [0.25, 0.3) is 0 Å². The maximum atomic E-state index is 12.0. The highest BCUT2D eigenvalue weighted by atomic mass is 32.1. The lowest BCUT2D eigenvalue weighted by Gasteiger charge is -2.11. The zero-order valence-corrected chi connectivity index (χ0v) is 12.0. The Hall–Kier alpha value is -1.50. The molecule has 0 aliphatic heterocycles. The molecule has 1 rings (SSSR count). The SMILES string of the molecule is CCCc1nnsc1C(=O)NCC(CCC)C(=O)O. The minimum atomic E-state index is -0.877. The van der Waals surface area contributed by atoms with E-state index in [0.717, 1.165) is 24.4 Å². The number of amides is 1. The number of rotatable bonds is 8. The normalized spacial score (nSPS) is 12.1. The molecule has 7 heteroatoms. The monoisotopic (exact) mass is 285 g/mol. The summed E-state index contributed by atoms with van der Waals surface area (Å²) in [7, 11) is 0. The van der Waals surface area contributed by atoms with Crippen LogP contribution in [0.15, 0.2) is 0 Å². The van der Waals surface area contributed by atoms with Crippen molar-refractivity contribution in [3.8, 4) is 0 Å². The molecule has 1 atom stereocenters. The number of aromatic nitrogens is 2. The first-order valence-electron chi connectivity index (χ1n) is 6.42. The third-order valence-electron chi connectivity index (χ3n) is 2.74. The summed E-state index contributed by atoms with van der Waals surface area (Å²) in [5.41, 5.74) is 0.687. The van der Waals surface area contributed by atoms with Crippen molar-refractivity contribution in [2.45, 2.75) is 39.5 Å². The van der Waals surface area contributed by atoms with Crippen LogP contribution in [-0.2, 0) is 11.2 Å². The molecule has 1 amide bonds. The van der Waals surface area contributed by atoms with E-state index < -0.39 is 11.9 Å². The Labute approximate surface area is 116 Å². The summed E-state index contributed by atoms with van der Waals surface area (Å²) >= 11 is 1.05. The standard InChI is InChI=1S/C12H19N3O3S/c1-3-5-8(12(17)18)7-13-11(16)10-9(6-4-2)14-15-19-10/h8H,3-7H2,1-2H3,(H,13,16)(H,17,18). The van der Waals surface area contributed by atoms with Gasteiger partial charge in [-0.1, -0.05) is 31.2 Å². The van der Waals surface area contributed by atoms with Gasteiger partial charge >= 0.3 is 5.97 Å². The summed E-state index contributed by atoms with van der Waals surface area (Å²) in [5.74, 6) is -1.69. The largest absolute Gasteiger partial charge is 0.481 e. The summed E-state index contributed by atoms with van der Waals surface area (Å²) in [6.45, 7) is 4.07. The van der Waals surface area contributed by atoms with Gasteiger partial charge in [0, 0.05) is 6.54 Å². The van der Waals surface area contributed by atoms with Gasteiger partial charge < -0.3 is 10.4 Å². The Bertz CT molecular complexity index is 434. The Kier molecular flexibility index (Phi) is 6.41. The fourth-order valence-corrected chi connectivity index (χ4v) is 2.36. The van der Waals surface area contributed by atoms with E-state index in [2.05, 4.69) is 14.9 Å². The van der Waals surface area contributed by atoms with Crippen LogP contribution < -0.4 is 5.32 Å². The molecule has 0 saturated carbocycles.